The van der Waals surface area contributed by atoms with Crippen molar-refractivity contribution in [1.29, 1.82) is 0 Å². The van der Waals surface area contributed by atoms with E-state index in [2.05, 4.69) is 4.98 Å². The van der Waals surface area contributed by atoms with Crippen LogP contribution in [-0.2, 0) is 31.1 Å². The van der Waals surface area contributed by atoms with Crippen molar-refractivity contribution in [3.8, 4) is 0 Å². The zero-order valence-electron chi connectivity index (χ0n) is 20.1. The lowest BCUT2D eigenvalue weighted by Crippen LogP contribution is -2.52. The average Bonchev–Trinajstić information content (AvgIpc) is 3.10. The summed E-state index contributed by atoms with van der Waals surface area (Å²) in [6.07, 6.45) is 2.69. The maximum atomic E-state index is 13.9. The van der Waals surface area contributed by atoms with Gasteiger partial charge in [-0.2, -0.15) is 0 Å². The van der Waals surface area contributed by atoms with E-state index in [1.54, 1.807) is 41.2 Å². The molecule has 2 aliphatic rings. The molecule has 0 bridgehead atoms. The number of hydrogen-bond acceptors (Lipinski definition) is 6. The molecule has 1 aromatic carbocycles. The quantitative estimate of drug-likeness (QED) is 0.591. The first kappa shape index (κ1) is 24.4. The van der Waals surface area contributed by atoms with Crippen LogP contribution in [-0.4, -0.2) is 76.3 Å². The smallest absolute Gasteiger partial charge is 0.409 e. The summed E-state index contributed by atoms with van der Waals surface area (Å²) in [6.45, 7) is 5.51. The van der Waals surface area contributed by atoms with Gasteiger partial charge in [0.15, 0.2) is 0 Å². The second kappa shape index (κ2) is 10.2. The van der Waals surface area contributed by atoms with E-state index in [0.29, 0.717) is 38.3 Å². The normalized spacial score (nSPS) is 20.3. The molecule has 9 heteroatoms. The van der Waals surface area contributed by atoms with Crippen LogP contribution in [0.25, 0.3) is 0 Å². The standard InChI is InChI=1S/C26H30N4O5/c1-3-35-25(34)29-14-12-28(13-15-29)22(31)16-26(21-7-5-4-6-19(21)2)17-23(32)30(24(26)33)18-20-8-10-27-11-9-20/h4-11H,3,12-18H2,1-2H3/t26-/m0/s1. The van der Waals surface area contributed by atoms with Crippen LogP contribution in [0.3, 0.4) is 0 Å². The Labute approximate surface area is 204 Å². The molecule has 2 aromatic rings. The largest absolute Gasteiger partial charge is 0.450 e. The number of carbonyl (C=O) groups excluding carboxylic acids is 4. The van der Waals surface area contributed by atoms with E-state index in [9.17, 15) is 19.2 Å². The summed E-state index contributed by atoms with van der Waals surface area (Å²) in [5.41, 5.74) is 1.10. The van der Waals surface area contributed by atoms with Crippen molar-refractivity contribution in [2.75, 3.05) is 32.8 Å². The number of aryl methyl sites for hydroxylation is 1. The van der Waals surface area contributed by atoms with Crippen LogP contribution in [0.4, 0.5) is 4.79 Å². The molecule has 2 saturated heterocycles. The van der Waals surface area contributed by atoms with Crippen LogP contribution in [0.2, 0.25) is 0 Å². The van der Waals surface area contributed by atoms with Crippen molar-refractivity contribution in [3.63, 3.8) is 0 Å². The van der Waals surface area contributed by atoms with Crippen LogP contribution in [0.15, 0.2) is 48.8 Å². The Hall–Kier alpha value is -3.75. The van der Waals surface area contributed by atoms with Crippen LogP contribution in [0.1, 0.15) is 36.5 Å². The van der Waals surface area contributed by atoms with Crippen molar-refractivity contribution in [2.45, 2.75) is 38.6 Å². The molecule has 9 nitrogen and oxygen atoms in total. The van der Waals surface area contributed by atoms with Crippen molar-refractivity contribution in [1.82, 2.24) is 19.7 Å². The first-order valence-corrected chi connectivity index (χ1v) is 11.8. The van der Waals surface area contributed by atoms with Gasteiger partial charge in [0.25, 0.3) is 0 Å². The van der Waals surface area contributed by atoms with Gasteiger partial charge in [0.1, 0.15) is 0 Å². The SMILES string of the molecule is CCOC(=O)N1CCN(C(=O)C[C@@]2(c3ccccc3C)CC(=O)N(Cc3ccncc3)C2=O)CC1. The molecule has 2 fully saturated rings. The van der Waals surface area contributed by atoms with E-state index in [4.69, 9.17) is 4.74 Å². The lowest BCUT2D eigenvalue weighted by Gasteiger charge is -2.36. The number of nitrogens with zero attached hydrogens (tertiary/aromatic N) is 4. The fourth-order valence-corrected chi connectivity index (χ4v) is 4.91. The summed E-state index contributed by atoms with van der Waals surface area (Å²) >= 11 is 0. The van der Waals surface area contributed by atoms with Gasteiger partial charge in [-0.25, -0.2) is 4.79 Å². The Morgan fingerprint density at radius 1 is 1.00 bits per heavy atom. The van der Waals surface area contributed by atoms with Crippen LogP contribution in [0, 0.1) is 6.92 Å². The van der Waals surface area contributed by atoms with Gasteiger partial charge in [-0.05, 0) is 42.7 Å². The van der Waals surface area contributed by atoms with Crippen LogP contribution >= 0.6 is 0 Å². The average molecular weight is 479 g/mol. The van der Waals surface area contributed by atoms with Gasteiger partial charge < -0.3 is 14.5 Å². The minimum absolute atomic E-state index is 0.0592. The maximum absolute atomic E-state index is 13.9. The third kappa shape index (κ3) is 4.89. The number of likely N-dealkylation sites (tertiary alicyclic amines) is 1. The minimum Gasteiger partial charge on any atom is -0.450 e. The molecule has 3 heterocycles. The molecule has 2 aliphatic heterocycles. The lowest BCUT2D eigenvalue weighted by molar-refractivity contribution is -0.143. The van der Waals surface area contributed by atoms with Crippen LogP contribution in [0.5, 0.6) is 0 Å². The van der Waals surface area contributed by atoms with Gasteiger partial charge in [0.2, 0.25) is 17.7 Å². The van der Waals surface area contributed by atoms with Crippen molar-refractivity contribution < 1.29 is 23.9 Å². The molecule has 0 unspecified atom stereocenters. The Kier molecular flexibility index (Phi) is 7.14. The Morgan fingerprint density at radius 2 is 1.66 bits per heavy atom. The number of rotatable bonds is 6. The summed E-state index contributed by atoms with van der Waals surface area (Å²) < 4.78 is 5.05. The molecule has 4 amide bonds. The second-order valence-corrected chi connectivity index (χ2v) is 8.96. The first-order chi connectivity index (χ1) is 16.9. The highest BCUT2D eigenvalue weighted by atomic mass is 16.6. The van der Waals surface area contributed by atoms with Gasteiger partial charge in [-0.3, -0.25) is 24.3 Å². The number of aromatic nitrogens is 1. The number of ether oxygens (including phenoxy) is 1. The van der Waals surface area contributed by atoms with Crippen molar-refractivity contribution in [2.24, 2.45) is 0 Å². The van der Waals surface area contributed by atoms with Crippen LogP contribution < -0.4 is 0 Å². The highest BCUT2D eigenvalue weighted by Crippen LogP contribution is 2.42. The van der Waals surface area contributed by atoms with Gasteiger partial charge in [-0.1, -0.05) is 24.3 Å². The van der Waals surface area contributed by atoms with E-state index in [1.165, 1.54) is 4.90 Å². The molecule has 4 rings (SSSR count). The maximum Gasteiger partial charge on any atom is 0.409 e. The Morgan fingerprint density at radius 3 is 2.31 bits per heavy atom. The summed E-state index contributed by atoms with van der Waals surface area (Å²) in [7, 11) is 0. The summed E-state index contributed by atoms with van der Waals surface area (Å²) in [6, 6.07) is 11.0. The minimum atomic E-state index is -1.26. The summed E-state index contributed by atoms with van der Waals surface area (Å²) in [5.74, 6) is -0.856. The zero-order chi connectivity index (χ0) is 25.0. The Balaban J connectivity index is 1.57. The van der Waals surface area contributed by atoms with E-state index < -0.39 is 5.41 Å². The second-order valence-electron chi connectivity index (χ2n) is 8.96. The third-order valence-electron chi connectivity index (χ3n) is 6.77. The molecule has 0 aliphatic carbocycles. The topological polar surface area (TPSA) is 100 Å². The first-order valence-electron chi connectivity index (χ1n) is 11.8. The summed E-state index contributed by atoms with van der Waals surface area (Å²) in [4.78, 5) is 61.0. The Bertz CT molecular complexity index is 1110. The van der Waals surface area contributed by atoms with E-state index in [1.807, 2.05) is 31.2 Å². The molecule has 1 atom stereocenters. The number of pyridine rings is 1. The zero-order valence-corrected chi connectivity index (χ0v) is 20.1. The number of imide groups is 1. The molecule has 35 heavy (non-hydrogen) atoms. The van der Waals surface area contributed by atoms with Crippen molar-refractivity contribution in [3.05, 3.63) is 65.5 Å². The molecular weight excluding hydrogens is 448 g/mol. The molecule has 0 saturated carbocycles. The highest BCUT2D eigenvalue weighted by molar-refractivity contribution is 6.10. The number of piperazine rings is 1. The molecule has 0 spiro atoms. The number of benzene rings is 1. The van der Waals surface area contributed by atoms with Gasteiger partial charge in [0, 0.05) is 51.4 Å². The van der Waals surface area contributed by atoms with Gasteiger partial charge >= 0.3 is 6.09 Å². The predicted molar refractivity (Wildman–Crippen MR) is 127 cm³/mol. The monoisotopic (exact) mass is 478 g/mol. The fraction of sp³-hybridized carbons (Fsp3) is 0.423. The molecule has 1 aromatic heterocycles. The third-order valence-corrected chi connectivity index (χ3v) is 6.77. The lowest BCUT2D eigenvalue weighted by atomic mass is 9.74. The summed E-state index contributed by atoms with van der Waals surface area (Å²) in [5, 5.41) is 0. The number of amides is 4. The predicted octanol–water partition coefficient (Wildman–Crippen LogP) is 2.28. The molecule has 0 N–H and O–H groups in total. The van der Waals surface area contributed by atoms with E-state index in [0.717, 1.165) is 11.1 Å². The van der Waals surface area contributed by atoms with Gasteiger partial charge in [-0.15, -0.1) is 0 Å². The van der Waals surface area contributed by atoms with Crippen molar-refractivity contribution >= 4 is 23.8 Å². The van der Waals surface area contributed by atoms with Gasteiger partial charge in [0.05, 0.1) is 18.6 Å². The molecule has 184 valence electrons. The molecule has 0 radical (unpaired) electrons. The van der Waals surface area contributed by atoms with E-state index in [-0.39, 0.29) is 43.2 Å². The highest BCUT2D eigenvalue weighted by Gasteiger charge is 2.54. The molecular formula is C26H30N4O5. The number of hydrogen-bond donors (Lipinski definition) is 0. The fourth-order valence-electron chi connectivity index (χ4n) is 4.91. The van der Waals surface area contributed by atoms with E-state index >= 15 is 0 Å². The number of carbonyl (C=O) groups is 4.